The van der Waals surface area contributed by atoms with Crippen LogP contribution in [0.25, 0.3) is 0 Å². The average molecular weight is 456 g/mol. The molecule has 7 heteroatoms. The third-order valence-electron chi connectivity index (χ3n) is 5.26. The van der Waals surface area contributed by atoms with Gasteiger partial charge in [-0.2, -0.15) is 12.6 Å². The lowest BCUT2D eigenvalue weighted by Crippen LogP contribution is -2.55. The maximum absolute atomic E-state index is 13.2. The number of nitrogens with one attached hydrogen (secondary N) is 3. The molecule has 0 fully saturated rings. The Bertz CT molecular complexity index is 875. The van der Waals surface area contributed by atoms with E-state index in [-0.39, 0.29) is 23.6 Å². The van der Waals surface area contributed by atoms with Crippen LogP contribution in [0, 0.1) is 5.92 Å². The topological polar surface area (TPSA) is 87.3 Å². The minimum absolute atomic E-state index is 0.0212. The first-order valence-electron chi connectivity index (χ1n) is 10.9. The second kappa shape index (κ2) is 12.9. The van der Waals surface area contributed by atoms with Gasteiger partial charge < -0.3 is 16.0 Å². The smallest absolute Gasteiger partial charge is 0.243 e. The van der Waals surface area contributed by atoms with Crippen molar-refractivity contribution in [3.05, 3.63) is 71.8 Å². The van der Waals surface area contributed by atoms with Crippen molar-refractivity contribution in [3.8, 4) is 0 Å². The molecule has 0 aliphatic carbocycles. The molecule has 0 spiro atoms. The van der Waals surface area contributed by atoms with Crippen molar-refractivity contribution >= 4 is 30.4 Å². The first-order chi connectivity index (χ1) is 15.3. The van der Waals surface area contributed by atoms with Crippen LogP contribution in [-0.4, -0.2) is 42.1 Å². The Hall–Kier alpha value is -2.80. The average Bonchev–Trinajstić information content (AvgIpc) is 2.81. The third-order valence-corrected chi connectivity index (χ3v) is 6.09. The zero-order chi connectivity index (χ0) is 23.5. The van der Waals surface area contributed by atoms with Crippen LogP contribution >= 0.6 is 12.6 Å². The molecule has 3 amide bonds. The summed E-state index contributed by atoms with van der Waals surface area (Å²) in [4.78, 5) is 38.3. The number of rotatable bonds is 11. The zero-order valence-electron chi connectivity index (χ0n) is 18.9. The number of aryl methyl sites for hydroxylation is 1. The minimum Gasteiger partial charge on any atom is -0.357 e. The molecule has 2 aromatic rings. The second-order valence-electron chi connectivity index (χ2n) is 8.14. The Morgan fingerprint density at radius 3 is 1.84 bits per heavy atom. The molecule has 0 heterocycles. The Kier molecular flexibility index (Phi) is 10.3. The summed E-state index contributed by atoms with van der Waals surface area (Å²) in [7, 11) is 1.54. The maximum atomic E-state index is 13.2. The molecule has 0 saturated heterocycles. The van der Waals surface area contributed by atoms with Crippen molar-refractivity contribution in [3.63, 3.8) is 0 Å². The molecule has 0 bridgehead atoms. The van der Waals surface area contributed by atoms with E-state index >= 15 is 0 Å². The number of carbonyl (C=O) groups excluding carboxylic acids is 3. The molecule has 172 valence electrons. The van der Waals surface area contributed by atoms with Gasteiger partial charge in [0.1, 0.15) is 12.1 Å². The van der Waals surface area contributed by atoms with Crippen LogP contribution in [-0.2, 0) is 27.2 Å². The standard InChI is InChI=1S/C25H33N3O3S/c1-17(2)22(32)25(31)27-20(15-14-18-10-6-4-7-11-18)24(30)28-21(23(29)26-3)16-19-12-8-5-9-13-19/h4-13,17,20-22,32H,14-16H2,1-3H3,(H,26,29)(H,27,31)(H,28,30)/t20-,21-,22?/m0/s1. The molecular weight excluding hydrogens is 422 g/mol. The van der Waals surface area contributed by atoms with Gasteiger partial charge in [0, 0.05) is 13.5 Å². The largest absolute Gasteiger partial charge is 0.357 e. The van der Waals surface area contributed by atoms with E-state index in [1.165, 1.54) is 7.05 Å². The molecule has 3 N–H and O–H groups in total. The molecule has 0 radical (unpaired) electrons. The predicted octanol–water partition coefficient (Wildman–Crippen LogP) is 2.53. The number of hydrogen-bond donors (Lipinski definition) is 4. The number of carbonyl (C=O) groups is 3. The quantitative estimate of drug-likeness (QED) is 0.393. The molecule has 0 aliphatic heterocycles. The summed E-state index contributed by atoms with van der Waals surface area (Å²) in [5.41, 5.74) is 2.00. The van der Waals surface area contributed by atoms with E-state index in [1.807, 2.05) is 74.5 Å². The fourth-order valence-electron chi connectivity index (χ4n) is 3.29. The highest BCUT2D eigenvalue weighted by molar-refractivity contribution is 7.81. The molecular formula is C25H33N3O3S. The summed E-state index contributed by atoms with van der Waals surface area (Å²) >= 11 is 4.38. The van der Waals surface area contributed by atoms with Crippen molar-refractivity contribution in [1.82, 2.24) is 16.0 Å². The van der Waals surface area contributed by atoms with Gasteiger partial charge in [-0.15, -0.1) is 0 Å². The SMILES string of the molecule is CNC(=O)[C@H](Cc1ccccc1)NC(=O)[C@H](CCc1ccccc1)NC(=O)C(S)C(C)C. The van der Waals surface area contributed by atoms with Crippen LogP contribution in [0.3, 0.4) is 0 Å². The number of thiol groups is 1. The Balaban J connectivity index is 2.15. The van der Waals surface area contributed by atoms with Gasteiger partial charge in [-0.1, -0.05) is 74.5 Å². The van der Waals surface area contributed by atoms with Gasteiger partial charge in [0.05, 0.1) is 5.25 Å². The third kappa shape index (κ3) is 8.04. The van der Waals surface area contributed by atoms with Gasteiger partial charge in [0.25, 0.3) is 0 Å². The van der Waals surface area contributed by atoms with Gasteiger partial charge in [-0.05, 0) is 29.9 Å². The highest BCUT2D eigenvalue weighted by Crippen LogP contribution is 2.12. The molecule has 0 aliphatic rings. The Labute approximate surface area is 196 Å². The van der Waals surface area contributed by atoms with E-state index in [4.69, 9.17) is 0 Å². The van der Waals surface area contributed by atoms with Crippen LogP contribution in [0.2, 0.25) is 0 Å². The minimum atomic E-state index is -0.779. The van der Waals surface area contributed by atoms with Crippen molar-refractivity contribution in [1.29, 1.82) is 0 Å². The van der Waals surface area contributed by atoms with E-state index < -0.39 is 17.3 Å². The van der Waals surface area contributed by atoms with E-state index in [0.29, 0.717) is 19.3 Å². The first-order valence-corrected chi connectivity index (χ1v) is 11.4. The summed E-state index contributed by atoms with van der Waals surface area (Å²) in [6.45, 7) is 3.80. The van der Waals surface area contributed by atoms with E-state index in [1.54, 1.807) is 0 Å². The van der Waals surface area contributed by atoms with Crippen LogP contribution in [0.1, 0.15) is 31.4 Å². The lowest BCUT2D eigenvalue weighted by molar-refractivity contribution is -0.132. The molecule has 1 unspecified atom stereocenters. The lowest BCUT2D eigenvalue weighted by atomic mass is 10.0. The fourth-order valence-corrected chi connectivity index (χ4v) is 3.36. The van der Waals surface area contributed by atoms with Crippen molar-refractivity contribution < 1.29 is 14.4 Å². The molecule has 6 nitrogen and oxygen atoms in total. The summed E-state index contributed by atoms with van der Waals surface area (Å²) in [5, 5.41) is 7.75. The van der Waals surface area contributed by atoms with E-state index in [9.17, 15) is 14.4 Å². The van der Waals surface area contributed by atoms with Gasteiger partial charge >= 0.3 is 0 Å². The van der Waals surface area contributed by atoms with Gasteiger partial charge in [-0.25, -0.2) is 0 Å². The number of benzene rings is 2. The van der Waals surface area contributed by atoms with Gasteiger partial charge in [0.15, 0.2) is 0 Å². The normalized spacial score (nSPS) is 13.7. The van der Waals surface area contributed by atoms with Crippen molar-refractivity contribution in [2.24, 2.45) is 5.92 Å². The van der Waals surface area contributed by atoms with Crippen LogP contribution in [0.5, 0.6) is 0 Å². The van der Waals surface area contributed by atoms with Crippen molar-refractivity contribution in [2.45, 2.75) is 50.4 Å². The maximum Gasteiger partial charge on any atom is 0.243 e. The number of likely N-dealkylation sites (N-methyl/N-ethyl adjacent to an activating group) is 1. The molecule has 32 heavy (non-hydrogen) atoms. The fraction of sp³-hybridized carbons (Fsp3) is 0.400. The number of amides is 3. The summed E-state index contributed by atoms with van der Waals surface area (Å²) in [6, 6.07) is 17.7. The lowest BCUT2D eigenvalue weighted by Gasteiger charge is -2.24. The monoisotopic (exact) mass is 455 g/mol. The van der Waals surface area contributed by atoms with Gasteiger partial charge in [0.2, 0.25) is 17.7 Å². The molecule has 0 saturated carbocycles. The van der Waals surface area contributed by atoms with Crippen LogP contribution in [0.4, 0.5) is 0 Å². The zero-order valence-corrected chi connectivity index (χ0v) is 19.8. The Morgan fingerprint density at radius 2 is 1.31 bits per heavy atom. The highest BCUT2D eigenvalue weighted by Gasteiger charge is 2.28. The molecule has 2 aromatic carbocycles. The summed E-state index contributed by atoms with van der Waals surface area (Å²) in [6.07, 6.45) is 1.38. The molecule has 0 aromatic heterocycles. The summed E-state index contributed by atoms with van der Waals surface area (Å²) in [5.74, 6) is -0.948. The van der Waals surface area contributed by atoms with E-state index in [2.05, 4.69) is 28.6 Å². The summed E-state index contributed by atoms with van der Waals surface area (Å²) < 4.78 is 0. The molecule has 2 rings (SSSR count). The van der Waals surface area contributed by atoms with Crippen molar-refractivity contribution in [2.75, 3.05) is 7.05 Å². The second-order valence-corrected chi connectivity index (χ2v) is 8.70. The predicted molar refractivity (Wildman–Crippen MR) is 130 cm³/mol. The first kappa shape index (κ1) is 25.5. The highest BCUT2D eigenvalue weighted by atomic mass is 32.1. The Morgan fingerprint density at radius 1 is 0.781 bits per heavy atom. The van der Waals surface area contributed by atoms with Crippen LogP contribution in [0.15, 0.2) is 60.7 Å². The van der Waals surface area contributed by atoms with Gasteiger partial charge in [-0.3, -0.25) is 14.4 Å². The number of hydrogen-bond acceptors (Lipinski definition) is 4. The van der Waals surface area contributed by atoms with Crippen LogP contribution < -0.4 is 16.0 Å². The van der Waals surface area contributed by atoms with E-state index in [0.717, 1.165) is 11.1 Å². The molecule has 3 atom stereocenters.